The lowest BCUT2D eigenvalue weighted by Crippen LogP contribution is -2.39. The van der Waals surface area contributed by atoms with E-state index < -0.39 is 11.2 Å². The molecular weight excluding hydrogens is 953 g/mol. The van der Waals surface area contributed by atoms with Gasteiger partial charge in [-0.25, -0.2) is 19.6 Å². The summed E-state index contributed by atoms with van der Waals surface area (Å²) in [5.74, 6) is 0.0942. The Hall–Kier alpha value is -5.09. The minimum atomic E-state index is -0.572. The van der Waals surface area contributed by atoms with Gasteiger partial charge in [-0.05, 0) is 71.9 Å². The topological polar surface area (TPSA) is 228 Å². The van der Waals surface area contributed by atoms with E-state index in [1.165, 1.54) is 28.2 Å². The van der Waals surface area contributed by atoms with Crippen molar-refractivity contribution in [2.75, 3.05) is 36.8 Å². The van der Waals surface area contributed by atoms with Crippen LogP contribution in [-0.2, 0) is 65.8 Å². The molecule has 4 N–H and O–H groups in total. The summed E-state index contributed by atoms with van der Waals surface area (Å²) in [5, 5.41) is 19.5. The molecule has 22 heteroatoms. The van der Waals surface area contributed by atoms with Gasteiger partial charge in [0, 0.05) is 77.4 Å². The molecule has 0 aliphatic carbocycles. The molecule has 6 heterocycles. The van der Waals surface area contributed by atoms with Gasteiger partial charge in [0.05, 0.1) is 24.2 Å². The summed E-state index contributed by atoms with van der Waals surface area (Å²) in [7, 11) is 0. The molecule has 18 nitrogen and oxygen atoms in total. The zero-order valence-corrected chi connectivity index (χ0v) is 43.9. The van der Waals surface area contributed by atoms with E-state index in [9.17, 15) is 24.0 Å². The number of aryl methyl sites for hydroxylation is 1. The molecule has 4 aromatic heterocycles. The van der Waals surface area contributed by atoms with Crippen LogP contribution in [0.25, 0.3) is 21.1 Å². The second-order valence-electron chi connectivity index (χ2n) is 18.3. The first kappa shape index (κ1) is 55.5. The van der Waals surface area contributed by atoms with Crippen LogP contribution in [-0.4, -0.2) is 106 Å². The number of amides is 4. The Balaban J connectivity index is 0.000000280. The molecule has 4 aromatic rings. The lowest BCUT2D eigenvalue weighted by atomic mass is 10.0. The predicted octanol–water partition coefficient (Wildman–Crippen LogP) is 8.50. The standard InChI is InChI=1S/C23H34N4O3S2.C22H30N4O5S2.CO2/c1-7-15-13-31-20(25-15)19-16-9-11-27(22(29)30-23(4,5)6)12-17(16)32-21(19)26-18(28)8-10-24-14(2)3;1-13(2)23-8-6-16(28)24-20-18(19-25-17(11-32-19)30-12-27)14-7-9-26(10-15(14)33-20)21(29)31-22(3,4)5;2-1-3/h13-14,24H,7-12H2,1-6H3,(H,26,28);11-13,23H,6-10H2,1-5H3,(H,24,28);. The summed E-state index contributed by atoms with van der Waals surface area (Å²) in [6.45, 7) is 24.9. The van der Waals surface area contributed by atoms with E-state index in [-0.39, 0.29) is 36.0 Å². The molecule has 0 unspecified atom stereocenters. The van der Waals surface area contributed by atoms with Crippen molar-refractivity contribution in [2.45, 2.75) is 145 Å². The third-order valence-corrected chi connectivity index (χ3v) is 13.7. The van der Waals surface area contributed by atoms with Crippen LogP contribution in [0.15, 0.2) is 10.8 Å². The van der Waals surface area contributed by atoms with E-state index >= 15 is 0 Å². The Labute approximate surface area is 413 Å². The van der Waals surface area contributed by atoms with Crippen LogP contribution in [0.2, 0.25) is 0 Å². The Bertz CT molecular complexity index is 2390. The van der Waals surface area contributed by atoms with E-state index in [0.717, 1.165) is 48.6 Å². The summed E-state index contributed by atoms with van der Waals surface area (Å²) in [5.41, 5.74) is 4.02. The van der Waals surface area contributed by atoms with Gasteiger partial charge in [0.1, 0.15) is 31.2 Å². The van der Waals surface area contributed by atoms with E-state index in [1.54, 1.807) is 37.9 Å². The van der Waals surface area contributed by atoms with E-state index in [2.05, 4.69) is 52.4 Å². The SMILES string of the molecule is CC(C)NCCC(=O)Nc1sc2c(c1-c1nc(OC=O)cs1)CCN(C(=O)OC(C)(C)C)C2.CCc1csc(-c2c(NC(=O)CCNC(C)C)sc3c2CCN(C(=O)OC(C)(C)C)C3)n1.O=C=O. The first-order chi connectivity index (χ1) is 32.1. The fraction of sp³-hybridized carbons (Fsp3) is 0.565. The number of rotatable bonds is 15. The smallest absolute Gasteiger partial charge is 0.410 e. The molecule has 0 saturated carbocycles. The van der Waals surface area contributed by atoms with E-state index in [0.29, 0.717) is 93.5 Å². The number of aromatic nitrogens is 2. The number of hydrogen-bond donors (Lipinski definition) is 4. The molecule has 0 saturated heterocycles. The van der Waals surface area contributed by atoms with Crippen molar-refractivity contribution in [1.82, 2.24) is 30.4 Å². The molecule has 0 radical (unpaired) electrons. The molecule has 0 fully saturated rings. The summed E-state index contributed by atoms with van der Waals surface area (Å²) in [6, 6.07) is 0.641. The maximum absolute atomic E-state index is 12.6. The largest absolute Gasteiger partial charge is 0.444 e. The lowest BCUT2D eigenvalue weighted by Gasteiger charge is -2.30. The van der Waals surface area contributed by atoms with Crippen LogP contribution in [0.3, 0.4) is 0 Å². The summed E-state index contributed by atoms with van der Waals surface area (Å²) in [6.07, 6.45) is 2.53. The highest BCUT2D eigenvalue weighted by Gasteiger charge is 2.33. The van der Waals surface area contributed by atoms with Gasteiger partial charge in [0.2, 0.25) is 17.7 Å². The van der Waals surface area contributed by atoms with Gasteiger partial charge in [-0.1, -0.05) is 34.6 Å². The number of nitrogens with one attached hydrogen (secondary N) is 4. The number of carbonyl (C=O) groups is 5. The van der Waals surface area contributed by atoms with Gasteiger partial charge in [0.25, 0.3) is 6.47 Å². The van der Waals surface area contributed by atoms with E-state index in [1.807, 2.05) is 55.4 Å². The normalized spacial score (nSPS) is 13.2. The van der Waals surface area contributed by atoms with Crippen molar-refractivity contribution >= 4 is 92.0 Å². The highest BCUT2D eigenvalue weighted by atomic mass is 32.1. The first-order valence-electron chi connectivity index (χ1n) is 22.4. The molecule has 6 rings (SSSR count). The molecular formula is C46H64N8O10S4. The third kappa shape index (κ3) is 16.8. The van der Waals surface area contributed by atoms with Gasteiger partial charge in [-0.3, -0.25) is 14.4 Å². The van der Waals surface area contributed by atoms with Crippen molar-refractivity contribution in [3.8, 4) is 27.0 Å². The number of thiazole rings is 2. The number of hydrogen-bond acceptors (Lipinski definition) is 18. The summed E-state index contributed by atoms with van der Waals surface area (Å²) in [4.78, 5) is 92.1. The van der Waals surface area contributed by atoms with Gasteiger partial charge in [0.15, 0.2) is 0 Å². The Morgan fingerprint density at radius 3 is 1.54 bits per heavy atom. The van der Waals surface area contributed by atoms with Crippen molar-refractivity contribution in [2.24, 2.45) is 0 Å². The number of nitrogens with zero attached hydrogens (tertiary/aromatic N) is 4. The number of anilines is 2. The monoisotopic (exact) mass is 1020 g/mol. The maximum atomic E-state index is 12.6. The number of ether oxygens (including phenoxy) is 3. The molecule has 0 spiro atoms. The Morgan fingerprint density at radius 1 is 0.735 bits per heavy atom. The predicted molar refractivity (Wildman–Crippen MR) is 265 cm³/mol. The van der Waals surface area contributed by atoms with Crippen molar-refractivity contribution in [3.05, 3.63) is 37.3 Å². The molecule has 0 atom stereocenters. The molecule has 0 aromatic carbocycles. The molecule has 4 amide bonds. The second kappa shape index (κ2) is 25.5. The van der Waals surface area contributed by atoms with Gasteiger partial charge in [-0.2, -0.15) is 9.59 Å². The minimum absolute atomic E-state index is 0.0192. The second-order valence-corrected chi connectivity index (χ2v) is 22.2. The Morgan fingerprint density at radius 2 is 1.16 bits per heavy atom. The average Bonchev–Trinajstić information content (AvgIpc) is 4.04. The van der Waals surface area contributed by atoms with Crippen LogP contribution < -0.4 is 26.0 Å². The number of fused-ring (bicyclic) bond motifs is 2. The highest BCUT2D eigenvalue weighted by Crippen LogP contribution is 2.46. The molecule has 68 heavy (non-hydrogen) atoms. The van der Waals surface area contributed by atoms with Crippen LogP contribution >= 0.6 is 45.3 Å². The highest BCUT2D eigenvalue weighted by molar-refractivity contribution is 7.19. The van der Waals surface area contributed by atoms with Gasteiger partial charge >= 0.3 is 18.3 Å². The van der Waals surface area contributed by atoms with Crippen LogP contribution in [0.1, 0.15) is 116 Å². The molecule has 2 aliphatic rings. The zero-order valence-electron chi connectivity index (χ0n) is 40.7. The quantitative estimate of drug-likeness (QED) is 0.0819. The van der Waals surface area contributed by atoms with Crippen LogP contribution in [0.5, 0.6) is 5.88 Å². The molecule has 2 aliphatic heterocycles. The number of thiophene rings is 2. The average molecular weight is 1020 g/mol. The number of carbonyl (C=O) groups excluding carboxylic acids is 7. The minimum Gasteiger partial charge on any atom is -0.444 e. The fourth-order valence-electron chi connectivity index (χ4n) is 6.79. The third-order valence-electron chi connectivity index (χ3n) is 9.73. The lowest BCUT2D eigenvalue weighted by molar-refractivity contribution is -0.191. The Kier molecular flexibility index (Phi) is 20.8. The summed E-state index contributed by atoms with van der Waals surface area (Å²) < 4.78 is 16.0. The van der Waals surface area contributed by atoms with Crippen LogP contribution in [0, 0.1) is 0 Å². The fourth-order valence-corrected chi connectivity index (χ4v) is 11.3. The maximum Gasteiger partial charge on any atom is 0.410 e. The first-order valence-corrected chi connectivity index (χ1v) is 25.8. The van der Waals surface area contributed by atoms with Gasteiger partial charge < -0.3 is 45.3 Å². The molecule has 0 bridgehead atoms. The van der Waals surface area contributed by atoms with Gasteiger partial charge in [-0.15, -0.1) is 45.3 Å². The van der Waals surface area contributed by atoms with Crippen molar-refractivity contribution < 1.29 is 47.8 Å². The zero-order chi connectivity index (χ0) is 50.3. The van der Waals surface area contributed by atoms with Crippen LogP contribution in [0.4, 0.5) is 19.6 Å². The van der Waals surface area contributed by atoms with E-state index in [4.69, 9.17) is 28.8 Å². The summed E-state index contributed by atoms with van der Waals surface area (Å²) >= 11 is 5.94. The molecule has 372 valence electrons. The van der Waals surface area contributed by atoms with Crippen molar-refractivity contribution in [3.63, 3.8) is 0 Å². The van der Waals surface area contributed by atoms with Crippen molar-refractivity contribution in [1.29, 1.82) is 0 Å².